The van der Waals surface area contributed by atoms with Crippen LogP contribution in [0.2, 0.25) is 0 Å². The number of halogens is 1. The van der Waals surface area contributed by atoms with E-state index in [0.717, 1.165) is 11.0 Å². The molecule has 0 saturated heterocycles. The highest BCUT2D eigenvalue weighted by molar-refractivity contribution is 6.17. The number of fused-ring (bicyclic) bond motifs is 1. The Morgan fingerprint density at radius 1 is 1.44 bits per heavy atom. The van der Waals surface area contributed by atoms with Gasteiger partial charge < -0.3 is 4.74 Å². The summed E-state index contributed by atoms with van der Waals surface area (Å²) in [7, 11) is 0. The predicted octanol–water partition coefficient (Wildman–Crippen LogP) is 3.42. The first-order valence-corrected chi connectivity index (χ1v) is 6.36. The lowest BCUT2D eigenvalue weighted by atomic mass is 10.2. The topological polar surface area (TPSA) is 44.1 Å². The smallest absolute Gasteiger partial charge is 0.420 e. The molecule has 0 fully saturated rings. The number of alkyl halides is 1. The van der Waals surface area contributed by atoms with Gasteiger partial charge in [0.2, 0.25) is 0 Å². The van der Waals surface area contributed by atoms with Gasteiger partial charge in [0.05, 0.1) is 23.5 Å². The third kappa shape index (κ3) is 2.48. The van der Waals surface area contributed by atoms with Crippen LogP contribution in [0.15, 0.2) is 24.3 Å². The summed E-state index contributed by atoms with van der Waals surface area (Å²) >= 11 is 5.82. The second-order valence-electron chi connectivity index (χ2n) is 4.46. The Balaban J connectivity index is 2.38. The van der Waals surface area contributed by atoms with Gasteiger partial charge in [-0.25, -0.2) is 14.3 Å². The second kappa shape index (κ2) is 5.40. The molecule has 0 N–H and O–H groups in total. The maximum absolute atomic E-state index is 12.0. The molecule has 5 heteroatoms. The number of carbonyl (C=O) groups is 1. The number of imidazole rings is 1. The summed E-state index contributed by atoms with van der Waals surface area (Å²) < 4.78 is 6.66. The van der Waals surface area contributed by atoms with Crippen LogP contribution in [0.3, 0.4) is 0 Å². The van der Waals surface area contributed by atoms with E-state index in [4.69, 9.17) is 16.3 Å². The highest BCUT2D eigenvalue weighted by Crippen LogP contribution is 2.17. The summed E-state index contributed by atoms with van der Waals surface area (Å²) in [6, 6.07) is 7.40. The number of aromatic nitrogens is 2. The van der Waals surface area contributed by atoms with Crippen molar-refractivity contribution in [2.24, 2.45) is 5.92 Å². The molecule has 0 atom stereocenters. The minimum Gasteiger partial charge on any atom is -0.449 e. The number of nitrogens with zero attached hydrogens (tertiary/aromatic N) is 2. The Bertz CT molecular complexity index is 563. The molecule has 1 aromatic heterocycles. The molecule has 0 aliphatic heterocycles. The maximum Gasteiger partial charge on any atom is 0.420 e. The number of benzene rings is 1. The van der Waals surface area contributed by atoms with Gasteiger partial charge in [-0.2, -0.15) is 0 Å². The monoisotopic (exact) mass is 266 g/mol. The molecule has 1 aromatic carbocycles. The van der Waals surface area contributed by atoms with Crippen LogP contribution in [0, 0.1) is 5.92 Å². The first-order valence-electron chi connectivity index (χ1n) is 5.83. The SMILES string of the molecule is CC(C)COC(=O)n1c(CCl)nc2ccccc21. The summed E-state index contributed by atoms with van der Waals surface area (Å²) in [5, 5.41) is 0. The summed E-state index contributed by atoms with van der Waals surface area (Å²) in [5.74, 6) is 0.973. The molecule has 0 bridgehead atoms. The van der Waals surface area contributed by atoms with Gasteiger partial charge in [0, 0.05) is 0 Å². The zero-order valence-electron chi connectivity index (χ0n) is 10.4. The third-order valence-electron chi connectivity index (χ3n) is 2.47. The molecule has 18 heavy (non-hydrogen) atoms. The molecule has 1 heterocycles. The number of hydrogen-bond acceptors (Lipinski definition) is 3. The Hall–Kier alpha value is -1.55. The number of ether oxygens (including phenoxy) is 1. The molecule has 0 aliphatic rings. The van der Waals surface area contributed by atoms with E-state index in [2.05, 4.69) is 4.98 Å². The van der Waals surface area contributed by atoms with Crippen molar-refractivity contribution in [1.29, 1.82) is 0 Å². The van der Waals surface area contributed by atoms with Gasteiger partial charge in [-0.05, 0) is 18.1 Å². The fourth-order valence-electron chi connectivity index (χ4n) is 1.67. The molecule has 2 rings (SSSR count). The minimum atomic E-state index is -0.423. The van der Waals surface area contributed by atoms with Gasteiger partial charge in [-0.1, -0.05) is 26.0 Å². The van der Waals surface area contributed by atoms with E-state index >= 15 is 0 Å². The first kappa shape index (κ1) is 12.9. The van der Waals surface area contributed by atoms with Crippen LogP contribution in [0.25, 0.3) is 11.0 Å². The van der Waals surface area contributed by atoms with E-state index in [0.29, 0.717) is 18.3 Å². The molecule has 0 amide bonds. The highest BCUT2D eigenvalue weighted by Gasteiger charge is 2.17. The van der Waals surface area contributed by atoms with E-state index in [1.807, 2.05) is 38.1 Å². The Morgan fingerprint density at radius 2 is 2.17 bits per heavy atom. The zero-order valence-corrected chi connectivity index (χ0v) is 11.1. The van der Waals surface area contributed by atoms with E-state index in [1.54, 1.807) is 0 Å². The molecule has 0 radical (unpaired) electrons. The van der Waals surface area contributed by atoms with E-state index < -0.39 is 6.09 Å². The van der Waals surface area contributed by atoms with Crippen molar-refractivity contribution in [3.63, 3.8) is 0 Å². The summed E-state index contributed by atoms with van der Waals surface area (Å²) in [5.41, 5.74) is 1.47. The van der Waals surface area contributed by atoms with Gasteiger partial charge in [0.25, 0.3) is 0 Å². The predicted molar refractivity (Wildman–Crippen MR) is 70.9 cm³/mol. The summed E-state index contributed by atoms with van der Waals surface area (Å²) in [6.45, 7) is 4.36. The van der Waals surface area contributed by atoms with Gasteiger partial charge in [0.1, 0.15) is 5.82 Å². The molecule has 0 saturated carbocycles. The van der Waals surface area contributed by atoms with E-state index in [1.165, 1.54) is 4.57 Å². The molecule has 0 unspecified atom stereocenters. The average molecular weight is 267 g/mol. The van der Waals surface area contributed by atoms with Crippen molar-refractivity contribution in [3.8, 4) is 0 Å². The van der Waals surface area contributed by atoms with E-state index in [9.17, 15) is 4.79 Å². The van der Waals surface area contributed by atoms with Crippen LogP contribution in [-0.4, -0.2) is 22.3 Å². The molecular weight excluding hydrogens is 252 g/mol. The van der Waals surface area contributed by atoms with Gasteiger partial charge in [-0.3, -0.25) is 0 Å². The molecule has 96 valence electrons. The summed E-state index contributed by atoms with van der Waals surface area (Å²) in [6.07, 6.45) is -0.423. The first-order chi connectivity index (χ1) is 8.63. The number of rotatable bonds is 3. The molecule has 0 spiro atoms. The van der Waals surface area contributed by atoms with Crippen LogP contribution in [-0.2, 0) is 10.6 Å². The molecular formula is C13H15ClN2O2. The van der Waals surface area contributed by atoms with Crippen molar-refractivity contribution in [2.45, 2.75) is 19.7 Å². The summed E-state index contributed by atoms with van der Waals surface area (Å²) in [4.78, 5) is 16.4. The maximum atomic E-state index is 12.0. The van der Waals surface area contributed by atoms with Crippen LogP contribution in [0.4, 0.5) is 4.79 Å². The van der Waals surface area contributed by atoms with Crippen LogP contribution < -0.4 is 0 Å². The van der Waals surface area contributed by atoms with Crippen molar-refractivity contribution in [1.82, 2.24) is 9.55 Å². The average Bonchev–Trinajstić information content (AvgIpc) is 2.74. The Labute approximate surface area is 111 Å². The number of hydrogen-bond donors (Lipinski definition) is 0. The minimum absolute atomic E-state index is 0.172. The standard InChI is InChI=1S/C13H15ClN2O2/c1-9(2)8-18-13(17)16-11-6-4-3-5-10(11)15-12(16)7-14/h3-6,9H,7-8H2,1-2H3. The largest absolute Gasteiger partial charge is 0.449 e. The second-order valence-corrected chi connectivity index (χ2v) is 4.72. The van der Waals surface area contributed by atoms with Crippen LogP contribution >= 0.6 is 11.6 Å². The number of para-hydroxylation sites is 2. The molecule has 4 nitrogen and oxygen atoms in total. The lowest BCUT2D eigenvalue weighted by molar-refractivity contribution is 0.135. The Kier molecular flexibility index (Phi) is 3.87. The van der Waals surface area contributed by atoms with E-state index in [-0.39, 0.29) is 5.88 Å². The fraction of sp³-hybridized carbons (Fsp3) is 0.385. The quantitative estimate of drug-likeness (QED) is 0.800. The lowest BCUT2D eigenvalue weighted by Crippen LogP contribution is -2.18. The molecule has 0 aliphatic carbocycles. The normalized spacial score (nSPS) is 11.1. The van der Waals surface area contributed by atoms with Crippen molar-refractivity contribution in [3.05, 3.63) is 30.1 Å². The van der Waals surface area contributed by atoms with Crippen molar-refractivity contribution < 1.29 is 9.53 Å². The van der Waals surface area contributed by atoms with Gasteiger partial charge in [-0.15, -0.1) is 11.6 Å². The van der Waals surface area contributed by atoms with Crippen molar-refractivity contribution >= 4 is 28.7 Å². The van der Waals surface area contributed by atoms with Crippen LogP contribution in [0.1, 0.15) is 19.7 Å². The zero-order chi connectivity index (χ0) is 13.1. The van der Waals surface area contributed by atoms with Gasteiger partial charge >= 0.3 is 6.09 Å². The lowest BCUT2D eigenvalue weighted by Gasteiger charge is -2.09. The van der Waals surface area contributed by atoms with Crippen molar-refractivity contribution in [2.75, 3.05) is 6.61 Å². The fourth-order valence-corrected chi connectivity index (χ4v) is 1.85. The third-order valence-corrected chi connectivity index (χ3v) is 2.71. The van der Waals surface area contributed by atoms with Gasteiger partial charge in [0.15, 0.2) is 0 Å². The van der Waals surface area contributed by atoms with Crippen LogP contribution in [0.5, 0.6) is 0 Å². The molecule has 2 aromatic rings. The Morgan fingerprint density at radius 3 is 2.83 bits per heavy atom. The highest BCUT2D eigenvalue weighted by atomic mass is 35.5. The number of carbonyl (C=O) groups excluding carboxylic acids is 1.